The van der Waals surface area contributed by atoms with Crippen molar-refractivity contribution in [1.29, 1.82) is 0 Å². The molecule has 0 bridgehead atoms. The fraction of sp³-hybridized carbons (Fsp3) is 0.905. The number of ketones is 2. The van der Waals surface area contributed by atoms with E-state index in [0.29, 0.717) is 38.5 Å². The third-order valence-corrected chi connectivity index (χ3v) is 10.1. The Kier molecular flexibility index (Phi) is 4.39. The standard InChI is InChI=1S/C21H31FO3S/c1-4-26-18-16(24)10-15-14-6-5-12-9-13(23)7-8-20(12,3)21(14,22)17(25)11-19(15,18)2/h12,14-15,17-18,25H,4-11H2,1-3H3/t12?,14-,15-,17-,18-,19-,20-,21?/m0/s1. The fourth-order valence-electron chi connectivity index (χ4n) is 7.26. The molecule has 0 aromatic heterocycles. The van der Waals surface area contributed by atoms with Crippen molar-refractivity contribution in [3.05, 3.63) is 0 Å². The van der Waals surface area contributed by atoms with Crippen molar-refractivity contribution in [2.75, 3.05) is 5.75 Å². The molecule has 0 spiro atoms. The van der Waals surface area contributed by atoms with Gasteiger partial charge in [-0.15, -0.1) is 0 Å². The molecule has 4 aliphatic rings. The van der Waals surface area contributed by atoms with Crippen LogP contribution < -0.4 is 0 Å². The van der Waals surface area contributed by atoms with E-state index in [9.17, 15) is 14.7 Å². The van der Waals surface area contributed by atoms with E-state index in [4.69, 9.17) is 0 Å². The number of aliphatic hydroxyl groups is 1. The summed E-state index contributed by atoms with van der Waals surface area (Å²) in [7, 11) is 0. The molecule has 0 saturated heterocycles. The summed E-state index contributed by atoms with van der Waals surface area (Å²) in [4.78, 5) is 24.7. The summed E-state index contributed by atoms with van der Waals surface area (Å²) in [5.41, 5.74) is -2.64. The van der Waals surface area contributed by atoms with Gasteiger partial charge in [-0.25, -0.2) is 4.39 Å². The molecule has 8 atom stereocenters. The molecule has 3 nitrogen and oxygen atoms in total. The van der Waals surface area contributed by atoms with Gasteiger partial charge in [0.2, 0.25) is 0 Å². The van der Waals surface area contributed by atoms with Crippen LogP contribution in [-0.4, -0.2) is 39.4 Å². The molecule has 4 fully saturated rings. The molecule has 0 aromatic rings. The second-order valence-corrected chi connectivity index (χ2v) is 11.0. The number of rotatable bonds is 2. The number of alkyl halides is 1. The van der Waals surface area contributed by atoms with Gasteiger partial charge in [0.15, 0.2) is 0 Å². The highest BCUT2D eigenvalue weighted by atomic mass is 32.2. The van der Waals surface area contributed by atoms with E-state index in [1.807, 2.05) is 6.92 Å². The van der Waals surface area contributed by atoms with Crippen molar-refractivity contribution >= 4 is 23.3 Å². The molecular weight excluding hydrogens is 351 g/mol. The zero-order valence-electron chi connectivity index (χ0n) is 16.1. The Balaban J connectivity index is 1.74. The van der Waals surface area contributed by atoms with Crippen LogP contribution in [0.3, 0.4) is 0 Å². The Labute approximate surface area is 159 Å². The van der Waals surface area contributed by atoms with Gasteiger partial charge < -0.3 is 5.11 Å². The molecule has 2 unspecified atom stereocenters. The van der Waals surface area contributed by atoms with E-state index in [-0.39, 0.29) is 40.0 Å². The Hall–Kier alpha value is -0.420. The van der Waals surface area contributed by atoms with Crippen LogP contribution in [0, 0.1) is 28.6 Å². The average molecular weight is 383 g/mol. The van der Waals surface area contributed by atoms with Gasteiger partial charge in [-0.2, -0.15) is 11.8 Å². The van der Waals surface area contributed by atoms with Crippen LogP contribution in [0.2, 0.25) is 0 Å². The predicted molar refractivity (Wildman–Crippen MR) is 101 cm³/mol. The SMILES string of the molecule is CCS[C@H]1C(=O)C[C@H]2[C@@H]3CCC4CC(=O)CC[C@]4(C)C3(F)[C@@H](O)C[C@]12C. The first-order valence-electron chi connectivity index (χ1n) is 10.2. The van der Waals surface area contributed by atoms with Crippen LogP contribution in [0.25, 0.3) is 0 Å². The average Bonchev–Trinajstić information content (AvgIpc) is 2.82. The lowest BCUT2D eigenvalue weighted by Gasteiger charge is -2.64. The van der Waals surface area contributed by atoms with Crippen molar-refractivity contribution in [3.63, 3.8) is 0 Å². The number of aliphatic hydroxyl groups excluding tert-OH is 1. The maximum atomic E-state index is 16.8. The van der Waals surface area contributed by atoms with Crippen LogP contribution in [0.4, 0.5) is 4.39 Å². The maximum absolute atomic E-state index is 16.8. The van der Waals surface area contributed by atoms with Crippen LogP contribution in [-0.2, 0) is 9.59 Å². The second-order valence-electron chi connectivity index (χ2n) is 9.65. The van der Waals surface area contributed by atoms with Crippen molar-refractivity contribution < 1.29 is 19.1 Å². The van der Waals surface area contributed by atoms with Crippen molar-refractivity contribution in [2.24, 2.45) is 28.6 Å². The Bertz CT molecular complexity index is 639. The number of fused-ring (bicyclic) bond motifs is 5. The van der Waals surface area contributed by atoms with Gasteiger partial charge >= 0.3 is 0 Å². The molecular formula is C21H31FO3S. The van der Waals surface area contributed by atoms with Crippen molar-refractivity contribution in [2.45, 2.75) is 82.7 Å². The minimum Gasteiger partial charge on any atom is -0.390 e. The monoisotopic (exact) mass is 382 g/mol. The van der Waals surface area contributed by atoms with Gasteiger partial charge in [-0.1, -0.05) is 20.8 Å². The summed E-state index contributed by atoms with van der Waals surface area (Å²) in [6.45, 7) is 6.13. The van der Waals surface area contributed by atoms with Gasteiger partial charge in [0, 0.05) is 24.7 Å². The zero-order chi connectivity index (χ0) is 18.9. The molecule has 5 heteroatoms. The van der Waals surface area contributed by atoms with Gasteiger partial charge in [-0.3, -0.25) is 9.59 Å². The smallest absolute Gasteiger partial charge is 0.146 e. The number of Topliss-reactive ketones (excluding diaryl/α,β-unsaturated/α-hetero) is 2. The van der Waals surface area contributed by atoms with Gasteiger partial charge in [-0.05, 0) is 54.6 Å². The van der Waals surface area contributed by atoms with Gasteiger partial charge in [0.05, 0.1) is 11.4 Å². The molecule has 4 rings (SSSR count). The molecule has 4 saturated carbocycles. The summed E-state index contributed by atoms with van der Waals surface area (Å²) in [5, 5.41) is 11.0. The third-order valence-electron chi connectivity index (χ3n) is 8.64. The van der Waals surface area contributed by atoms with Gasteiger partial charge in [0.25, 0.3) is 0 Å². The Morgan fingerprint density at radius 3 is 2.62 bits per heavy atom. The number of thioether (sulfide) groups is 1. The fourth-order valence-corrected chi connectivity index (χ4v) is 8.53. The summed E-state index contributed by atoms with van der Waals surface area (Å²) >= 11 is 1.67. The number of carbonyl (C=O) groups is 2. The maximum Gasteiger partial charge on any atom is 0.146 e. The van der Waals surface area contributed by atoms with Crippen molar-refractivity contribution in [3.8, 4) is 0 Å². The molecule has 4 aliphatic carbocycles. The third kappa shape index (κ3) is 2.22. The van der Waals surface area contributed by atoms with E-state index >= 15 is 4.39 Å². The van der Waals surface area contributed by atoms with Crippen LogP contribution in [0.15, 0.2) is 0 Å². The van der Waals surface area contributed by atoms with E-state index in [1.54, 1.807) is 11.8 Å². The first kappa shape index (κ1) is 18.9. The number of hydrogen-bond donors (Lipinski definition) is 1. The second kappa shape index (κ2) is 6.04. The lowest BCUT2D eigenvalue weighted by atomic mass is 9.43. The minimum atomic E-state index is -1.67. The molecule has 0 aromatic carbocycles. The van der Waals surface area contributed by atoms with Gasteiger partial charge in [0.1, 0.15) is 17.2 Å². The van der Waals surface area contributed by atoms with Crippen LogP contribution >= 0.6 is 11.8 Å². The summed E-state index contributed by atoms with van der Waals surface area (Å²) in [6.07, 6.45) is 2.73. The highest BCUT2D eigenvalue weighted by Crippen LogP contribution is 2.69. The Morgan fingerprint density at radius 1 is 1.19 bits per heavy atom. The number of halogens is 1. The molecule has 0 amide bonds. The topological polar surface area (TPSA) is 54.4 Å². The van der Waals surface area contributed by atoms with E-state index in [1.165, 1.54) is 0 Å². The molecule has 146 valence electrons. The quantitative estimate of drug-likeness (QED) is 0.785. The van der Waals surface area contributed by atoms with Crippen LogP contribution in [0.1, 0.15) is 65.7 Å². The highest BCUT2D eigenvalue weighted by molar-refractivity contribution is 8.00. The molecule has 0 aliphatic heterocycles. The first-order valence-corrected chi connectivity index (χ1v) is 11.3. The number of hydrogen-bond acceptors (Lipinski definition) is 4. The van der Waals surface area contributed by atoms with Crippen molar-refractivity contribution in [1.82, 2.24) is 0 Å². The predicted octanol–water partition coefficient (Wildman–Crippen LogP) is 3.96. The lowest BCUT2D eigenvalue weighted by molar-refractivity contribution is -0.238. The molecule has 0 heterocycles. The number of carbonyl (C=O) groups excluding carboxylic acids is 2. The summed E-state index contributed by atoms with van der Waals surface area (Å²) in [5.74, 6) is 1.12. The molecule has 1 N–H and O–H groups in total. The minimum absolute atomic E-state index is 0.0165. The van der Waals surface area contributed by atoms with E-state index in [2.05, 4.69) is 13.8 Å². The largest absolute Gasteiger partial charge is 0.390 e. The molecule has 0 radical (unpaired) electrons. The summed E-state index contributed by atoms with van der Waals surface area (Å²) in [6, 6.07) is 0. The normalized spacial score (nSPS) is 53.8. The summed E-state index contributed by atoms with van der Waals surface area (Å²) < 4.78 is 16.8. The molecule has 26 heavy (non-hydrogen) atoms. The lowest BCUT2D eigenvalue weighted by Crippen LogP contribution is -2.69. The highest BCUT2D eigenvalue weighted by Gasteiger charge is 2.72. The first-order chi connectivity index (χ1) is 12.2. The zero-order valence-corrected chi connectivity index (χ0v) is 16.9. The van der Waals surface area contributed by atoms with Crippen LogP contribution in [0.5, 0.6) is 0 Å². The van der Waals surface area contributed by atoms with E-state index in [0.717, 1.165) is 12.2 Å². The van der Waals surface area contributed by atoms with E-state index < -0.39 is 17.2 Å². The Morgan fingerprint density at radius 2 is 1.92 bits per heavy atom.